The van der Waals surface area contributed by atoms with Gasteiger partial charge < -0.3 is 4.74 Å². The molecule has 0 fully saturated rings. The average molecular weight is 278 g/mol. The van der Waals surface area contributed by atoms with E-state index < -0.39 is 16.9 Å². The van der Waals surface area contributed by atoms with E-state index in [0.717, 1.165) is 24.3 Å². The molecule has 0 aromatic heterocycles. The molecule has 5 nitrogen and oxygen atoms in total. The number of ether oxygens (including phenoxy) is 2. The Bertz CT molecular complexity index is 310. The summed E-state index contributed by atoms with van der Waals surface area (Å²) in [5, 5.41) is 6.62. The van der Waals surface area contributed by atoms with Gasteiger partial charge in [0.25, 0.3) is 0 Å². The molecule has 0 saturated carbocycles. The third-order valence-corrected chi connectivity index (χ3v) is 3.32. The van der Waals surface area contributed by atoms with Gasteiger partial charge in [-0.3, -0.25) is 9.53 Å². The second-order valence-corrected chi connectivity index (χ2v) is 5.81. The summed E-state index contributed by atoms with van der Waals surface area (Å²) < 4.78 is 10.7. The lowest BCUT2D eigenvalue weighted by Crippen LogP contribution is -2.34. The van der Waals surface area contributed by atoms with E-state index in [0.29, 0.717) is 0 Å². The van der Waals surface area contributed by atoms with Crippen molar-refractivity contribution in [3.63, 3.8) is 0 Å². The molecule has 0 aromatic rings. The molecular formula is C10H18N2O3S2. The third kappa shape index (κ3) is 4.85. The SMILES string of the molecule is CC(=O)OC1(SCCCCS)N=NC(C)(C)O1. The standard InChI is InChI=1S/C10H18N2O3S2/c1-8(13)14-10(17-7-5-4-6-16)12-11-9(2,3)15-10/h16H,4-7H2,1-3H3. The van der Waals surface area contributed by atoms with Crippen molar-refractivity contribution in [2.45, 2.75) is 44.6 Å². The number of carbonyl (C=O) groups excluding carboxylic acids is 1. The maximum atomic E-state index is 11.1. The van der Waals surface area contributed by atoms with E-state index in [1.165, 1.54) is 18.7 Å². The average Bonchev–Trinajstić information content (AvgIpc) is 2.49. The van der Waals surface area contributed by atoms with Crippen molar-refractivity contribution in [3.05, 3.63) is 0 Å². The quantitative estimate of drug-likeness (QED) is 0.351. The van der Waals surface area contributed by atoms with Crippen LogP contribution in [0.2, 0.25) is 0 Å². The van der Waals surface area contributed by atoms with Crippen LogP contribution in [0.3, 0.4) is 0 Å². The van der Waals surface area contributed by atoms with Gasteiger partial charge in [0.2, 0.25) is 0 Å². The summed E-state index contributed by atoms with van der Waals surface area (Å²) in [5.74, 6) is 1.20. The van der Waals surface area contributed by atoms with E-state index in [1.54, 1.807) is 13.8 Å². The molecule has 98 valence electrons. The van der Waals surface area contributed by atoms with Crippen molar-refractivity contribution < 1.29 is 14.3 Å². The summed E-state index contributed by atoms with van der Waals surface area (Å²) in [4.78, 5) is 11.1. The van der Waals surface area contributed by atoms with Crippen molar-refractivity contribution in [1.29, 1.82) is 0 Å². The second-order valence-electron chi connectivity index (χ2n) is 4.15. The lowest BCUT2D eigenvalue weighted by molar-refractivity contribution is -0.199. The number of hydrogen-bond donors (Lipinski definition) is 1. The van der Waals surface area contributed by atoms with Gasteiger partial charge in [-0.25, -0.2) is 0 Å². The smallest absolute Gasteiger partial charge is 0.388 e. The van der Waals surface area contributed by atoms with Crippen molar-refractivity contribution in [2.24, 2.45) is 10.2 Å². The van der Waals surface area contributed by atoms with Crippen LogP contribution in [-0.2, 0) is 14.3 Å². The molecule has 17 heavy (non-hydrogen) atoms. The van der Waals surface area contributed by atoms with E-state index in [-0.39, 0.29) is 0 Å². The van der Waals surface area contributed by atoms with Crippen molar-refractivity contribution in [1.82, 2.24) is 0 Å². The van der Waals surface area contributed by atoms with Crippen LogP contribution in [0.1, 0.15) is 33.6 Å². The molecule has 1 aliphatic heterocycles. The molecule has 1 heterocycles. The van der Waals surface area contributed by atoms with Crippen molar-refractivity contribution >= 4 is 30.4 Å². The van der Waals surface area contributed by atoms with Gasteiger partial charge in [0, 0.05) is 12.7 Å². The molecule has 7 heteroatoms. The van der Waals surface area contributed by atoms with E-state index in [9.17, 15) is 4.79 Å². The fourth-order valence-electron chi connectivity index (χ4n) is 1.26. The molecule has 0 saturated heterocycles. The molecule has 0 spiro atoms. The number of azo groups is 1. The molecule has 0 radical (unpaired) electrons. The first-order chi connectivity index (χ1) is 7.89. The molecular weight excluding hydrogens is 260 g/mol. The molecule has 1 atom stereocenters. The van der Waals surface area contributed by atoms with Gasteiger partial charge >= 0.3 is 11.2 Å². The number of hydrogen-bond acceptors (Lipinski definition) is 7. The molecule has 1 rings (SSSR count). The van der Waals surface area contributed by atoms with Gasteiger partial charge in [-0.1, -0.05) is 11.8 Å². The van der Waals surface area contributed by atoms with Gasteiger partial charge in [-0.05, 0) is 32.4 Å². The van der Waals surface area contributed by atoms with Crippen LogP contribution < -0.4 is 0 Å². The zero-order valence-electron chi connectivity index (χ0n) is 10.3. The van der Waals surface area contributed by atoms with E-state index in [4.69, 9.17) is 9.47 Å². The van der Waals surface area contributed by atoms with Crippen LogP contribution in [-0.4, -0.2) is 28.4 Å². The minimum Gasteiger partial charge on any atom is -0.402 e. The van der Waals surface area contributed by atoms with Crippen LogP contribution >= 0.6 is 24.4 Å². The molecule has 1 unspecified atom stereocenters. The molecule has 0 bridgehead atoms. The van der Waals surface area contributed by atoms with Crippen molar-refractivity contribution in [3.8, 4) is 0 Å². The largest absolute Gasteiger partial charge is 0.402 e. The summed E-state index contributed by atoms with van der Waals surface area (Å²) in [5.41, 5.74) is -0.744. The molecule has 0 N–H and O–H groups in total. The first kappa shape index (κ1) is 14.8. The van der Waals surface area contributed by atoms with Gasteiger partial charge in [-0.2, -0.15) is 17.7 Å². The molecule has 0 amide bonds. The van der Waals surface area contributed by atoms with Crippen LogP contribution in [0.25, 0.3) is 0 Å². The Kier molecular flexibility index (Phi) is 5.27. The fourth-order valence-corrected chi connectivity index (χ4v) is 2.63. The van der Waals surface area contributed by atoms with Crippen LogP contribution in [0, 0.1) is 0 Å². The Labute approximate surface area is 111 Å². The zero-order chi connectivity index (χ0) is 12.9. The van der Waals surface area contributed by atoms with Crippen LogP contribution in [0.5, 0.6) is 0 Å². The molecule has 1 aliphatic rings. The first-order valence-electron chi connectivity index (χ1n) is 5.48. The number of rotatable bonds is 6. The Hall–Kier alpha value is -0.270. The highest BCUT2D eigenvalue weighted by Crippen LogP contribution is 2.41. The Morgan fingerprint density at radius 1 is 1.41 bits per heavy atom. The monoisotopic (exact) mass is 278 g/mol. The predicted molar refractivity (Wildman–Crippen MR) is 70.1 cm³/mol. The summed E-state index contributed by atoms with van der Waals surface area (Å²) in [6.45, 7) is 4.88. The number of carbonyl (C=O) groups is 1. The number of thioether (sulfide) groups is 1. The first-order valence-corrected chi connectivity index (χ1v) is 7.09. The number of thiol groups is 1. The highest BCUT2D eigenvalue weighted by Gasteiger charge is 2.47. The van der Waals surface area contributed by atoms with Gasteiger partial charge in [0.1, 0.15) is 0 Å². The normalized spacial score (nSPS) is 26.1. The summed E-state index contributed by atoms with van der Waals surface area (Å²) in [6.07, 6.45) is 1.98. The second kappa shape index (κ2) is 6.06. The highest BCUT2D eigenvalue weighted by molar-refractivity contribution is 8.00. The highest BCUT2D eigenvalue weighted by atomic mass is 32.2. The zero-order valence-corrected chi connectivity index (χ0v) is 12.0. The Balaban J connectivity index is 2.56. The molecule has 0 aliphatic carbocycles. The minimum atomic E-state index is -1.30. The lowest BCUT2D eigenvalue weighted by Gasteiger charge is -2.25. The number of esters is 1. The van der Waals surface area contributed by atoms with E-state index >= 15 is 0 Å². The van der Waals surface area contributed by atoms with Gasteiger partial charge in [-0.15, -0.1) is 5.11 Å². The minimum absolute atomic E-state index is 0.427. The lowest BCUT2D eigenvalue weighted by atomic mass is 10.3. The topological polar surface area (TPSA) is 60.2 Å². The Morgan fingerprint density at radius 3 is 2.59 bits per heavy atom. The fraction of sp³-hybridized carbons (Fsp3) is 0.900. The number of nitrogens with zero attached hydrogens (tertiary/aromatic N) is 2. The van der Waals surface area contributed by atoms with Crippen LogP contribution in [0.15, 0.2) is 10.2 Å². The van der Waals surface area contributed by atoms with E-state index in [2.05, 4.69) is 22.9 Å². The van der Waals surface area contributed by atoms with Crippen LogP contribution in [0.4, 0.5) is 0 Å². The maximum absolute atomic E-state index is 11.1. The van der Waals surface area contributed by atoms with Gasteiger partial charge in [0.05, 0.1) is 0 Å². The predicted octanol–water partition coefficient (Wildman–Crippen LogP) is 2.82. The summed E-state index contributed by atoms with van der Waals surface area (Å²) in [7, 11) is 0. The maximum Gasteiger partial charge on any atom is 0.388 e. The molecule has 0 aromatic carbocycles. The van der Waals surface area contributed by atoms with Gasteiger partial charge in [0.15, 0.2) is 5.72 Å². The third-order valence-electron chi connectivity index (χ3n) is 1.90. The number of unbranched alkanes of at least 4 members (excludes halogenated alkanes) is 1. The summed E-state index contributed by atoms with van der Waals surface area (Å²) >= 11 is 5.48. The van der Waals surface area contributed by atoms with Crippen molar-refractivity contribution in [2.75, 3.05) is 11.5 Å². The summed E-state index contributed by atoms with van der Waals surface area (Å²) in [6, 6.07) is 0. The van der Waals surface area contributed by atoms with E-state index in [1.807, 2.05) is 0 Å². The Morgan fingerprint density at radius 2 is 2.12 bits per heavy atom.